The van der Waals surface area contributed by atoms with Crippen molar-refractivity contribution < 1.29 is 4.42 Å². The van der Waals surface area contributed by atoms with Crippen LogP contribution in [0.4, 0.5) is 0 Å². The van der Waals surface area contributed by atoms with Gasteiger partial charge in [-0.3, -0.25) is 0 Å². The second kappa shape index (κ2) is 12.3. The Bertz CT molecular complexity index is 4010. The molecular formula is C55H30N4OS. The van der Waals surface area contributed by atoms with Crippen molar-refractivity contribution in [2.24, 2.45) is 0 Å². The first kappa shape index (κ1) is 33.0. The van der Waals surface area contributed by atoms with Gasteiger partial charge < -0.3 is 8.98 Å². The smallest absolute Gasteiger partial charge is 0.165 e. The number of nitrogens with zero attached hydrogens (tertiary/aromatic N) is 4. The first-order chi connectivity index (χ1) is 30.2. The van der Waals surface area contributed by atoms with Gasteiger partial charge in [0.2, 0.25) is 0 Å². The highest BCUT2D eigenvalue weighted by atomic mass is 32.1. The third-order valence-corrected chi connectivity index (χ3v) is 13.8. The van der Waals surface area contributed by atoms with E-state index < -0.39 is 0 Å². The third kappa shape index (κ3) is 4.68. The van der Waals surface area contributed by atoms with E-state index in [1.165, 1.54) is 70.3 Å². The van der Waals surface area contributed by atoms with Gasteiger partial charge in [-0.25, -0.2) is 15.0 Å². The van der Waals surface area contributed by atoms with Gasteiger partial charge in [-0.2, -0.15) is 0 Å². The van der Waals surface area contributed by atoms with Crippen molar-refractivity contribution >= 4 is 86.0 Å². The maximum absolute atomic E-state index is 6.29. The maximum atomic E-state index is 6.29. The summed E-state index contributed by atoms with van der Waals surface area (Å²) in [7, 11) is 0. The summed E-state index contributed by atoms with van der Waals surface area (Å²) in [5.74, 6) is 1.87. The predicted molar refractivity (Wildman–Crippen MR) is 253 cm³/mol. The summed E-state index contributed by atoms with van der Waals surface area (Å²) in [6.45, 7) is 0. The molecular weight excluding hydrogens is 765 g/mol. The summed E-state index contributed by atoms with van der Waals surface area (Å²) in [5.41, 5.74) is 13.1. The van der Waals surface area contributed by atoms with Crippen LogP contribution in [0.1, 0.15) is 0 Å². The van der Waals surface area contributed by atoms with Crippen LogP contribution in [0.2, 0.25) is 0 Å². The van der Waals surface area contributed by atoms with Gasteiger partial charge in [-0.05, 0) is 81.6 Å². The number of thiophene rings is 1. The molecule has 4 heterocycles. The van der Waals surface area contributed by atoms with E-state index >= 15 is 0 Å². The molecule has 0 fully saturated rings. The summed E-state index contributed by atoms with van der Waals surface area (Å²) >= 11 is 1.79. The van der Waals surface area contributed by atoms with Gasteiger partial charge in [0.25, 0.3) is 0 Å². The Morgan fingerprint density at radius 3 is 1.93 bits per heavy atom. The first-order valence-corrected chi connectivity index (χ1v) is 21.3. The zero-order chi connectivity index (χ0) is 39.8. The molecule has 0 bridgehead atoms. The minimum absolute atomic E-state index is 0.601. The van der Waals surface area contributed by atoms with Gasteiger partial charge in [0.05, 0.1) is 11.0 Å². The van der Waals surface area contributed by atoms with E-state index in [0.29, 0.717) is 17.5 Å². The molecule has 13 aromatic rings. The second-order valence-corrected chi connectivity index (χ2v) is 16.9. The number of hydrogen-bond donors (Lipinski definition) is 0. The Balaban J connectivity index is 0.969. The second-order valence-electron chi connectivity index (χ2n) is 15.9. The molecule has 282 valence electrons. The molecule has 0 N–H and O–H groups in total. The molecule has 14 rings (SSSR count). The Morgan fingerprint density at radius 2 is 1.05 bits per heavy atom. The van der Waals surface area contributed by atoms with Crippen molar-refractivity contribution in [3.05, 3.63) is 182 Å². The van der Waals surface area contributed by atoms with Crippen LogP contribution in [0.5, 0.6) is 0 Å². The van der Waals surface area contributed by atoms with Crippen LogP contribution in [0.25, 0.3) is 137 Å². The van der Waals surface area contributed by atoms with E-state index in [2.05, 4.69) is 144 Å². The van der Waals surface area contributed by atoms with Crippen LogP contribution < -0.4 is 0 Å². The fourth-order valence-electron chi connectivity index (χ4n) is 9.92. The van der Waals surface area contributed by atoms with Crippen LogP contribution >= 0.6 is 11.3 Å². The molecule has 1 aliphatic rings. The number of rotatable bonds is 4. The molecule has 0 saturated heterocycles. The third-order valence-electron chi connectivity index (χ3n) is 12.6. The average Bonchev–Trinajstić information content (AvgIpc) is 3.98. The van der Waals surface area contributed by atoms with Gasteiger partial charge in [-0.1, -0.05) is 133 Å². The highest BCUT2D eigenvalue weighted by Gasteiger charge is 2.25. The Labute approximate surface area is 352 Å². The number of hydrogen-bond acceptors (Lipinski definition) is 5. The molecule has 1 aliphatic carbocycles. The van der Waals surface area contributed by atoms with Crippen molar-refractivity contribution in [3.63, 3.8) is 0 Å². The van der Waals surface area contributed by atoms with Gasteiger partial charge >= 0.3 is 0 Å². The molecule has 6 heteroatoms. The number of para-hydroxylation sites is 1. The number of furan rings is 1. The number of benzene rings is 9. The number of aromatic nitrogens is 4. The van der Waals surface area contributed by atoms with Crippen LogP contribution in [0.3, 0.4) is 0 Å². The van der Waals surface area contributed by atoms with E-state index in [9.17, 15) is 0 Å². The SMILES string of the molecule is c1ccc(-c2nc(-c3ccc4c(c3)oc3ccccc34)nc(-c3cccc4c3sc3cc(-n5c6cccc7c6c6c8c(cccc8ccc65)-c5ccccc5-7)ccc34)n2)cc1. The highest BCUT2D eigenvalue weighted by Crippen LogP contribution is 2.50. The molecule has 0 aliphatic heterocycles. The molecule has 0 atom stereocenters. The summed E-state index contributed by atoms with van der Waals surface area (Å²) < 4.78 is 11.1. The quantitative estimate of drug-likeness (QED) is 0.178. The Morgan fingerprint density at radius 1 is 0.393 bits per heavy atom. The molecule has 0 radical (unpaired) electrons. The predicted octanol–water partition coefficient (Wildman–Crippen LogP) is 15.0. The summed E-state index contributed by atoms with van der Waals surface area (Å²) in [5, 5.41) is 9.75. The zero-order valence-corrected chi connectivity index (χ0v) is 33.2. The van der Waals surface area contributed by atoms with Gasteiger partial charge in [0, 0.05) is 64.1 Å². The fourth-order valence-corrected chi connectivity index (χ4v) is 11.2. The van der Waals surface area contributed by atoms with E-state index in [4.69, 9.17) is 19.4 Å². The Kier molecular flexibility index (Phi) is 6.65. The zero-order valence-electron chi connectivity index (χ0n) is 32.4. The van der Waals surface area contributed by atoms with Crippen molar-refractivity contribution in [1.82, 2.24) is 19.5 Å². The molecule has 0 unspecified atom stereocenters. The van der Waals surface area contributed by atoms with Crippen LogP contribution in [-0.4, -0.2) is 19.5 Å². The summed E-state index contributed by atoms with van der Waals surface area (Å²) in [6.07, 6.45) is 0. The van der Waals surface area contributed by atoms with E-state index in [1.807, 2.05) is 42.5 Å². The van der Waals surface area contributed by atoms with Crippen LogP contribution in [0, 0.1) is 0 Å². The van der Waals surface area contributed by atoms with E-state index in [0.717, 1.165) is 49.0 Å². The average molecular weight is 795 g/mol. The lowest BCUT2D eigenvalue weighted by Gasteiger charge is -2.13. The van der Waals surface area contributed by atoms with Crippen LogP contribution in [0.15, 0.2) is 186 Å². The maximum Gasteiger partial charge on any atom is 0.165 e. The molecule has 4 aromatic heterocycles. The standard InChI is InChI=1S/C55H30N4OS/c1-2-11-32(12-3-1)53-56-54(33-23-26-38-37-16-6-7-22-46(37)60-47(38)29-33)58-55(57-53)43-20-9-19-42-39-27-25-34(30-48(39)61-52(42)43)59-44-21-10-18-41-36-15-5-4-14-35(36)40-17-8-13-31-24-28-45(59)51(49(31)40)50(41)44/h1-30H. The molecule has 9 aromatic carbocycles. The summed E-state index contributed by atoms with van der Waals surface area (Å²) in [4.78, 5) is 15.4. The summed E-state index contributed by atoms with van der Waals surface area (Å²) in [6, 6.07) is 64.9. The molecule has 5 nitrogen and oxygen atoms in total. The topological polar surface area (TPSA) is 56.7 Å². The van der Waals surface area contributed by atoms with Gasteiger partial charge in [0.15, 0.2) is 17.5 Å². The molecule has 61 heavy (non-hydrogen) atoms. The normalized spacial score (nSPS) is 12.3. The van der Waals surface area contributed by atoms with Crippen LogP contribution in [-0.2, 0) is 0 Å². The lowest BCUT2D eigenvalue weighted by Crippen LogP contribution is -2.00. The minimum Gasteiger partial charge on any atom is -0.456 e. The van der Waals surface area contributed by atoms with Gasteiger partial charge in [0.1, 0.15) is 11.2 Å². The van der Waals surface area contributed by atoms with Gasteiger partial charge in [-0.15, -0.1) is 11.3 Å². The largest absolute Gasteiger partial charge is 0.456 e. The Hall–Kier alpha value is -7.93. The fraction of sp³-hybridized carbons (Fsp3) is 0. The molecule has 0 spiro atoms. The van der Waals surface area contributed by atoms with E-state index in [1.54, 1.807) is 11.3 Å². The molecule has 0 amide bonds. The lowest BCUT2D eigenvalue weighted by molar-refractivity contribution is 0.669. The van der Waals surface area contributed by atoms with Crippen molar-refractivity contribution in [3.8, 4) is 62.1 Å². The van der Waals surface area contributed by atoms with Crippen molar-refractivity contribution in [1.29, 1.82) is 0 Å². The monoisotopic (exact) mass is 794 g/mol. The first-order valence-electron chi connectivity index (χ1n) is 20.5. The van der Waals surface area contributed by atoms with Crippen molar-refractivity contribution in [2.75, 3.05) is 0 Å². The van der Waals surface area contributed by atoms with E-state index in [-0.39, 0.29) is 0 Å². The minimum atomic E-state index is 0.601. The van der Waals surface area contributed by atoms with Crippen molar-refractivity contribution in [2.45, 2.75) is 0 Å². The highest BCUT2D eigenvalue weighted by molar-refractivity contribution is 7.26. The molecule has 0 saturated carbocycles. The number of fused-ring (bicyclic) bond motifs is 9. The lowest BCUT2D eigenvalue weighted by atomic mass is 9.93.